The third kappa shape index (κ3) is 3.61. The van der Waals surface area contributed by atoms with Crippen molar-refractivity contribution in [3.05, 3.63) is 40.6 Å². The molecule has 11 heteroatoms. The first-order chi connectivity index (χ1) is 11.9. The molecule has 3 rings (SSSR count). The third-order valence-electron chi connectivity index (χ3n) is 3.96. The van der Waals surface area contributed by atoms with Crippen LogP contribution in [0.15, 0.2) is 34.2 Å². The summed E-state index contributed by atoms with van der Waals surface area (Å²) in [6, 6.07) is 2.59. The molecule has 0 aliphatic carbocycles. The maximum atomic E-state index is 12.7. The molecule has 0 bridgehead atoms. The molecule has 0 radical (unpaired) electrons. The van der Waals surface area contributed by atoms with Gasteiger partial charge in [-0.05, 0) is 12.5 Å². The lowest BCUT2D eigenvalue weighted by Gasteiger charge is -2.21. The lowest BCUT2D eigenvalue weighted by molar-refractivity contribution is 0.0757. The SMILES string of the molecule is Cn1cc(S(=O)(=O)N2CCCN(C(=O)c3ccc(=O)[nH]n3)CC2)cn1. The Labute approximate surface area is 144 Å². The Balaban J connectivity index is 1.73. The van der Waals surface area contributed by atoms with Gasteiger partial charge < -0.3 is 4.90 Å². The van der Waals surface area contributed by atoms with Crippen LogP contribution in [0.3, 0.4) is 0 Å². The summed E-state index contributed by atoms with van der Waals surface area (Å²) in [6.45, 7) is 1.17. The van der Waals surface area contributed by atoms with E-state index >= 15 is 0 Å². The second-order valence-corrected chi connectivity index (χ2v) is 7.64. The van der Waals surface area contributed by atoms with Crippen molar-refractivity contribution >= 4 is 15.9 Å². The molecule has 2 aromatic heterocycles. The summed E-state index contributed by atoms with van der Waals surface area (Å²) >= 11 is 0. The third-order valence-corrected chi connectivity index (χ3v) is 5.81. The van der Waals surface area contributed by atoms with Crippen LogP contribution in [0.25, 0.3) is 0 Å². The van der Waals surface area contributed by atoms with Gasteiger partial charge in [0.15, 0.2) is 0 Å². The molecule has 1 fully saturated rings. The van der Waals surface area contributed by atoms with E-state index in [4.69, 9.17) is 0 Å². The number of aromatic nitrogens is 4. The smallest absolute Gasteiger partial charge is 0.274 e. The molecule has 3 heterocycles. The Kier molecular flexibility index (Phi) is 4.68. The molecule has 1 aliphatic heterocycles. The molecule has 1 saturated heterocycles. The lowest BCUT2D eigenvalue weighted by atomic mass is 10.3. The fourth-order valence-electron chi connectivity index (χ4n) is 2.64. The number of hydrogen-bond donors (Lipinski definition) is 1. The number of rotatable bonds is 3. The quantitative estimate of drug-likeness (QED) is 0.747. The Bertz CT molecular complexity index is 914. The number of aryl methyl sites for hydroxylation is 1. The van der Waals surface area contributed by atoms with Crippen LogP contribution >= 0.6 is 0 Å². The fraction of sp³-hybridized carbons (Fsp3) is 0.429. The Hall–Kier alpha value is -2.53. The number of amides is 1. The monoisotopic (exact) mass is 366 g/mol. The molecule has 0 atom stereocenters. The van der Waals surface area contributed by atoms with Gasteiger partial charge in [-0.2, -0.15) is 14.5 Å². The van der Waals surface area contributed by atoms with Crippen LogP contribution in [-0.4, -0.2) is 69.7 Å². The molecule has 2 aromatic rings. The molecule has 1 aliphatic rings. The summed E-state index contributed by atoms with van der Waals surface area (Å²) < 4.78 is 28.1. The van der Waals surface area contributed by atoms with Crippen LogP contribution < -0.4 is 5.56 Å². The van der Waals surface area contributed by atoms with Gasteiger partial charge in [-0.15, -0.1) is 0 Å². The summed E-state index contributed by atoms with van der Waals surface area (Å²) in [6.07, 6.45) is 3.27. The second kappa shape index (κ2) is 6.76. The highest BCUT2D eigenvalue weighted by Gasteiger charge is 2.29. The van der Waals surface area contributed by atoms with Crippen molar-refractivity contribution in [2.75, 3.05) is 26.2 Å². The maximum Gasteiger partial charge on any atom is 0.274 e. The van der Waals surface area contributed by atoms with E-state index in [-0.39, 0.29) is 35.1 Å². The van der Waals surface area contributed by atoms with Crippen LogP contribution in [0.5, 0.6) is 0 Å². The summed E-state index contributed by atoms with van der Waals surface area (Å²) in [5.74, 6) is -0.336. The van der Waals surface area contributed by atoms with Crippen molar-refractivity contribution in [1.29, 1.82) is 0 Å². The Morgan fingerprint density at radius 1 is 1.20 bits per heavy atom. The first kappa shape index (κ1) is 17.3. The lowest BCUT2D eigenvalue weighted by Crippen LogP contribution is -2.37. The molecular formula is C14H18N6O4S. The van der Waals surface area contributed by atoms with Crippen molar-refractivity contribution in [1.82, 2.24) is 29.2 Å². The fourth-order valence-corrected chi connectivity index (χ4v) is 4.10. The van der Waals surface area contributed by atoms with Gasteiger partial charge in [-0.25, -0.2) is 13.5 Å². The van der Waals surface area contributed by atoms with E-state index in [1.807, 2.05) is 0 Å². The number of nitrogens with zero attached hydrogens (tertiary/aromatic N) is 5. The van der Waals surface area contributed by atoms with E-state index in [2.05, 4.69) is 15.3 Å². The highest BCUT2D eigenvalue weighted by atomic mass is 32.2. The summed E-state index contributed by atoms with van der Waals surface area (Å²) in [4.78, 5) is 25.2. The number of aromatic amines is 1. The standard InChI is InChI=1S/C14H18N6O4S/c1-18-10-11(9-15-18)25(23,24)20-6-2-5-19(7-8-20)14(22)12-3-4-13(21)17-16-12/h3-4,9-10H,2,5-8H2,1H3,(H,17,21). The molecule has 0 spiro atoms. The van der Waals surface area contributed by atoms with Gasteiger partial charge in [-0.3, -0.25) is 14.3 Å². The zero-order chi connectivity index (χ0) is 18.0. The molecule has 10 nitrogen and oxygen atoms in total. The van der Waals surface area contributed by atoms with E-state index < -0.39 is 10.0 Å². The molecule has 0 unspecified atom stereocenters. The van der Waals surface area contributed by atoms with Crippen LogP contribution in [-0.2, 0) is 17.1 Å². The summed E-state index contributed by atoms with van der Waals surface area (Å²) in [5.41, 5.74) is -0.260. The maximum absolute atomic E-state index is 12.7. The molecule has 25 heavy (non-hydrogen) atoms. The van der Waals surface area contributed by atoms with E-state index in [1.165, 1.54) is 33.5 Å². The summed E-state index contributed by atoms with van der Waals surface area (Å²) in [7, 11) is -1.98. The first-order valence-electron chi connectivity index (χ1n) is 7.72. The first-order valence-corrected chi connectivity index (χ1v) is 9.16. The largest absolute Gasteiger partial charge is 0.336 e. The van der Waals surface area contributed by atoms with E-state index in [0.29, 0.717) is 19.5 Å². The molecule has 1 N–H and O–H groups in total. The van der Waals surface area contributed by atoms with Crippen molar-refractivity contribution in [2.45, 2.75) is 11.3 Å². The minimum absolute atomic E-state index is 0.128. The number of carbonyl (C=O) groups is 1. The van der Waals surface area contributed by atoms with E-state index in [9.17, 15) is 18.0 Å². The normalized spacial score (nSPS) is 16.6. The van der Waals surface area contributed by atoms with Gasteiger partial charge in [0.05, 0.1) is 6.20 Å². The number of H-pyrrole nitrogens is 1. The van der Waals surface area contributed by atoms with Crippen molar-refractivity contribution in [3.8, 4) is 0 Å². The predicted octanol–water partition coefficient (Wildman–Crippen LogP) is -0.960. The Morgan fingerprint density at radius 2 is 2.00 bits per heavy atom. The van der Waals surface area contributed by atoms with Gasteiger partial charge in [0.1, 0.15) is 10.6 Å². The average molecular weight is 366 g/mol. The minimum Gasteiger partial charge on any atom is -0.336 e. The Morgan fingerprint density at radius 3 is 2.64 bits per heavy atom. The van der Waals surface area contributed by atoms with Gasteiger partial charge in [0, 0.05) is 45.5 Å². The molecule has 134 valence electrons. The van der Waals surface area contributed by atoms with Crippen molar-refractivity contribution in [3.63, 3.8) is 0 Å². The zero-order valence-electron chi connectivity index (χ0n) is 13.6. The zero-order valence-corrected chi connectivity index (χ0v) is 14.4. The number of nitrogens with one attached hydrogen (secondary N) is 1. The van der Waals surface area contributed by atoms with Crippen molar-refractivity contribution < 1.29 is 13.2 Å². The number of carbonyl (C=O) groups excluding carboxylic acids is 1. The van der Waals surface area contributed by atoms with Crippen LogP contribution in [0.4, 0.5) is 0 Å². The van der Waals surface area contributed by atoms with Crippen molar-refractivity contribution in [2.24, 2.45) is 7.05 Å². The molecule has 1 amide bonds. The topological polar surface area (TPSA) is 121 Å². The van der Waals surface area contributed by atoms with Crippen LogP contribution in [0.1, 0.15) is 16.9 Å². The predicted molar refractivity (Wildman–Crippen MR) is 87.3 cm³/mol. The number of hydrogen-bond acceptors (Lipinski definition) is 6. The van der Waals surface area contributed by atoms with Crippen LogP contribution in [0.2, 0.25) is 0 Å². The van der Waals surface area contributed by atoms with E-state index in [0.717, 1.165) is 0 Å². The molecule has 0 aromatic carbocycles. The van der Waals surface area contributed by atoms with Gasteiger partial charge in [0.2, 0.25) is 10.0 Å². The van der Waals surface area contributed by atoms with Gasteiger partial charge >= 0.3 is 0 Å². The van der Waals surface area contributed by atoms with E-state index in [1.54, 1.807) is 11.9 Å². The van der Waals surface area contributed by atoms with Gasteiger partial charge in [0.25, 0.3) is 11.5 Å². The summed E-state index contributed by atoms with van der Waals surface area (Å²) in [5, 5.41) is 9.85. The highest BCUT2D eigenvalue weighted by Crippen LogP contribution is 2.17. The highest BCUT2D eigenvalue weighted by molar-refractivity contribution is 7.89. The number of sulfonamides is 1. The second-order valence-electron chi connectivity index (χ2n) is 5.71. The minimum atomic E-state index is -3.64. The van der Waals surface area contributed by atoms with Gasteiger partial charge in [-0.1, -0.05) is 0 Å². The average Bonchev–Trinajstić information content (AvgIpc) is 2.88. The molecular weight excluding hydrogens is 348 g/mol. The molecule has 0 saturated carbocycles. The van der Waals surface area contributed by atoms with Crippen LogP contribution in [0, 0.1) is 0 Å².